The first-order chi connectivity index (χ1) is 8.90. The zero-order valence-electron chi connectivity index (χ0n) is 10.5. The lowest BCUT2D eigenvalue weighted by atomic mass is 9.99. The van der Waals surface area contributed by atoms with Crippen LogP contribution in [0.3, 0.4) is 0 Å². The molecule has 1 aromatic carbocycles. The molecule has 2 atom stereocenters. The summed E-state index contributed by atoms with van der Waals surface area (Å²) >= 11 is 0. The molecule has 0 radical (unpaired) electrons. The summed E-state index contributed by atoms with van der Waals surface area (Å²) in [7, 11) is 0. The maximum Gasteiger partial charge on any atom is 0.308 e. The molecule has 19 heavy (non-hydrogen) atoms. The lowest BCUT2D eigenvalue weighted by molar-refractivity contribution is -0.142. The molecule has 5 nitrogen and oxygen atoms in total. The molecule has 1 fully saturated rings. The predicted octanol–water partition coefficient (Wildman–Crippen LogP) is 1.20. The van der Waals surface area contributed by atoms with Crippen molar-refractivity contribution in [2.45, 2.75) is 6.92 Å². The van der Waals surface area contributed by atoms with Crippen molar-refractivity contribution < 1.29 is 19.1 Å². The van der Waals surface area contributed by atoms with Crippen LogP contribution in [0.5, 0.6) is 0 Å². The third-order valence-corrected chi connectivity index (χ3v) is 3.46. The summed E-state index contributed by atoms with van der Waals surface area (Å²) in [5, 5.41) is 9.02. The number of carbonyl (C=O) groups excluding carboxylic acids is 1. The van der Waals surface area contributed by atoms with Gasteiger partial charge >= 0.3 is 5.97 Å². The molecule has 0 aliphatic carbocycles. The van der Waals surface area contributed by atoms with Gasteiger partial charge in [0.25, 0.3) is 5.91 Å². The van der Waals surface area contributed by atoms with E-state index in [1.807, 2.05) is 0 Å². The van der Waals surface area contributed by atoms with E-state index in [9.17, 15) is 14.0 Å². The van der Waals surface area contributed by atoms with Gasteiger partial charge < -0.3 is 15.7 Å². The minimum absolute atomic E-state index is 0.0187. The summed E-state index contributed by atoms with van der Waals surface area (Å²) in [6.45, 7) is 2.30. The Morgan fingerprint density at radius 3 is 2.63 bits per heavy atom. The molecule has 2 rings (SSSR count). The van der Waals surface area contributed by atoms with Crippen LogP contribution in [-0.2, 0) is 4.79 Å². The highest BCUT2D eigenvalue weighted by Gasteiger charge is 2.37. The molecule has 0 spiro atoms. The Hall–Kier alpha value is -2.11. The number of carbonyl (C=O) groups is 2. The maximum atomic E-state index is 13.3. The van der Waals surface area contributed by atoms with E-state index in [2.05, 4.69) is 0 Å². The lowest BCUT2D eigenvalue weighted by Crippen LogP contribution is -2.30. The van der Waals surface area contributed by atoms with Gasteiger partial charge in [-0.3, -0.25) is 9.59 Å². The first-order valence-electron chi connectivity index (χ1n) is 5.97. The average molecular weight is 266 g/mol. The number of rotatable bonds is 2. The van der Waals surface area contributed by atoms with Gasteiger partial charge in [0.15, 0.2) is 0 Å². The zero-order chi connectivity index (χ0) is 14.2. The van der Waals surface area contributed by atoms with Crippen molar-refractivity contribution in [3.05, 3.63) is 29.6 Å². The van der Waals surface area contributed by atoms with Crippen LogP contribution in [0.2, 0.25) is 0 Å². The van der Waals surface area contributed by atoms with Gasteiger partial charge in [-0.15, -0.1) is 0 Å². The second-order valence-electron chi connectivity index (χ2n) is 4.87. The van der Waals surface area contributed by atoms with Crippen LogP contribution in [0, 0.1) is 17.7 Å². The summed E-state index contributed by atoms with van der Waals surface area (Å²) in [5.41, 5.74) is 5.51. The molecule has 1 aromatic rings. The third kappa shape index (κ3) is 2.52. The Morgan fingerprint density at radius 2 is 2.11 bits per heavy atom. The topological polar surface area (TPSA) is 83.6 Å². The van der Waals surface area contributed by atoms with E-state index >= 15 is 0 Å². The van der Waals surface area contributed by atoms with Gasteiger partial charge in [-0.1, -0.05) is 6.92 Å². The van der Waals surface area contributed by atoms with Crippen molar-refractivity contribution in [1.29, 1.82) is 0 Å². The highest BCUT2D eigenvalue weighted by molar-refractivity contribution is 5.95. The zero-order valence-corrected chi connectivity index (χ0v) is 10.5. The summed E-state index contributed by atoms with van der Waals surface area (Å²) in [6, 6.07) is 3.85. The van der Waals surface area contributed by atoms with E-state index in [1.54, 1.807) is 6.92 Å². The number of nitrogens with zero attached hydrogens (tertiary/aromatic N) is 1. The summed E-state index contributed by atoms with van der Waals surface area (Å²) < 4.78 is 13.3. The largest absolute Gasteiger partial charge is 0.481 e. The van der Waals surface area contributed by atoms with E-state index in [-0.39, 0.29) is 29.6 Å². The number of nitrogens with two attached hydrogens (primary N) is 1. The number of hydrogen-bond acceptors (Lipinski definition) is 3. The minimum atomic E-state index is -0.911. The predicted molar refractivity (Wildman–Crippen MR) is 67.0 cm³/mol. The highest BCUT2D eigenvalue weighted by atomic mass is 19.1. The molecule has 102 valence electrons. The van der Waals surface area contributed by atoms with E-state index in [0.717, 1.165) is 6.07 Å². The summed E-state index contributed by atoms with van der Waals surface area (Å²) in [6.07, 6.45) is 0. The fourth-order valence-electron chi connectivity index (χ4n) is 2.30. The van der Waals surface area contributed by atoms with Crippen molar-refractivity contribution in [2.75, 3.05) is 18.8 Å². The van der Waals surface area contributed by atoms with Gasteiger partial charge in [0.2, 0.25) is 0 Å². The van der Waals surface area contributed by atoms with Gasteiger partial charge in [0.05, 0.1) is 11.6 Å². The van der Waals surface area contributed by atoms with E-state index in [4.69, 9.17) is 10.8 Å². The van der Waals surface area contributed by atoms with Crippen LogP contribution in [0.4, 0.5) is 10.1 Å². The van der Waals surface area contributed by atoms with Crippen LogP contribution in [0.1, 0.15) is 17.3 Å². The average Bonchev–Trinajstić information content (AvgIpc) is 2.74. The highest BCUT2D eigenvalue weighted by Crippen LogP contribution is 2.25. The Morgan fingerprint density at radius 1 is 1.42 bits per heavy atom. The van der Waals surface area contributed by atoms with Crippen LogP contribution in [0.25, 0.3) is 0 Å². The molecule has 3 N–H and O–H groups in total. The smallest absolute Gasteiger partial charge is 0.308 e. The number of nitrogen functional groups attached to an aromatic ring is 1. The van der Waals surface area contributed by atoms with Crippen LogP contribution >= 0.6 is 0 Å². The molecule has 1 saturated heterocycles. The van der Waals surface area contributed by atoms with Gasteiger partial charge in [0.1, 0.15) is 5.82 Å². The first-order valence-corrected chi connectivity index (χ1v) is 5.97. The molecule has 0 unspecified atom stereocenters. The number of carboxylic acids is 1. The Balaban J connectivity index is 2.17. The molecule has 1 heterocycles. The second kappa shape index (κ2) is 4.87. The molecule has 1 amide bonds. The number of likely N-dealkylation sites (tertiary alicyclic amines) is 1. The number of amides is 1. The third-order valence-electron chi connectivity index (χ3n) is 3.46. The standard InChI is InChI=1S/C13H15FN2O3/c1-7-5-16(6-9(7)13(18)19)12(17)8-2-3-11(15)10(14)4-8/h2-4,7,9H,5-6,15H2,1H3,(H,18,19)/t7-,9-/m1/s1. The first kappa shape index (κ1) is 13.3. The second-order valence-corrected chi connectivity index (χ2v) is 4.87. The van der Waals surface area contributed by atoms with Crippen molar-refractivity contribution >= 4 is 17.6 Å². The van der Waals surface area contributed by atoms with Gasteiger partial charge in [-0.05, 0) is 24.1 Å². The van der Waals surface area contributed by atoms with Gasteiger partial charge in [0, 0.05) is 18.7 Å². The normalized spacial score (nSPS) is 22.5. The van der Waals surface area contributed by atoms with Crippen molar-refractivity contribution in [3.8, 4) is 0 Å². The minimum Gasteiger partial charge on any atom is -0.481 e. The van der Waals surface area contributed by atoms with E-state index in [1.165, 1.54) is 17.0 Å². The molecule has 0 aromatic heterocycles. The molecular weight excluding hydrogens is 251 g/mol. The number of aliphatic carboxylic acids is 1. The lowest BCUT2D eigenvalue weighted by Gasteiger charge is -2.16. The molecule has 6 heteroatoms. The van der Waals surface area contributed by atoms with Crippen molar-refractivity contribution in [3.63, 3.8) is 0 Å². The van der Waals surface area contributed by atoms with Crippen molar-refractivity contribution in [2.24, 2.45) is 11.8 Å². The summed E-state index contributed by atoms with van der Waals surface area (Å²) in [5.74, 6) is -2.60. The molecule has 1 aliphatic heterocycles. The number of benzene rings is 1. The van der Waals surface area contributed by atoms with Gasteiger partial charge in [-0.2, -0.15) is 0 Å². The quantitative estimate of drug-likeness (QED) is 0.788. The Labute approximate surface area is 109 Å². The Kier molecular flexibility index (Phi) is 3.42. The van der Waals surface area contributed by atoms with Crippen LogP contribution in [0.15, 0.2) is 18.2 Å². The van der Waals surface area contributed by atoms with Gasteiger partial charge in [-0.25, -0.2) is 4.39 Å². The van der Waals surface area contributed by atoms with Crippen LogP contribution < -0.4 is 5.73 Å². The monoisotopic (exact) mass is 266 g/mol. The molecule has 1 aliphatic rings. The maximum absolute atomic E-state index is 13.3. The molecule has 0 saturated carbocycles. The van der Waals surface area contributed by atoms with E-state index in [0.29, 0.717) is 6.54 Å². The van der Waals surface area contributed by atoms with E-state index < -0.39 is 17.7 Å². The number of anilines is 1. The van der Waals surface area contributed by atoms with Crippen LogP contribution in [-0.4, -0.2) is 35.0 Å². The molecule has 0 bridgehead atoms. The number of halogens is 1. The SMILES string of the molecule is C[C@@H]1CN(C(=O)c2ccc(N)c(F)c2)C[C@H]1C(=O)O. The number of carboxylic acid groups (broad SMARTS) is 1. The fourth-order valence-corrected chi connectivity index (χ4v) is 2.30. The van der Waals surface area contributed by atoms with Crippen molar-refractivity contribution in [1.82, 2.24) is 4.90 Å². The molecular formula is C13H15FN2O3. The Bertz CT molecular complexity index is 533. The number of hydrogen-bond donors (Lipinski definition) is 2. The summed E-state index contributed by atoms with van der Waals surface area (Å²) in [4.78, 5) is 24.6. The fraction of sp³-hybridized carbons (Fsp3) is 0.385.